The zero-order valence-electron chi connectivity index (χ0n) is 11.5. The van der Waals surface area contributed by atoms with Crippen molar-refractivity contribution in [2.45, 2.75) is 11.8 Å². The van der Waals surface area contributed by atoms with Crippen LogP contribution in [0.1, 0.15) is 15.9 Å². The number of hydrogen-bond donors (Lipinski definition) is 0. The maximum absolute atomic E-state index is 12.3. The highest BCUT2D eigenvalue weighted by atomic mass is 79.9. The maximum Gasteiger partial charge on any atom is 0.339 e. The average molecular weight is 448 g/mol. The number of Topliss-reactive ketones (excluding diaryl/α,β-unsaturated/α-hetero) is 1. The second-order valence-electron chi connectivity index (χ2n) is 4.55. The Morgan fingerprint density at radius 2 is 1.77 bits per heavy atom. The lowest BCUT2D eigenvalue weighted by Crippen LogP contribution is -2.13. The molecule has 0 aliphatic carbocycles. The van der Waals surface area contributed by atoms with Gasteiger partial charge in [-0.15, -0.1) is 0 Å². The van der Waals surface area contributed by atoms with Crippen molar-refractivity contribution in [2.75, 3.05) is 5.33 Å². The first kappa shape index (κ1) is 17.2. The van der Waals surface area contributed by atoms with Crippen LogP contribution in [-0.4, -0.2) is 19.5 Å². The summed E-state index contributed by atoms with van der Waals surface area (Å²) in [6.07, 6.45) is 0. The van der Waals surface area contributed by atoms with Crippen LogP contribution >= 0.6 is 31.9 Å². The van der Waals surface area contributed by atoms with Crippen LogP contribution < -0.4 is 4.18 Å². The average Bonchev–Trinajstić information content (AvgIpc) is 2.48. The van der Waals surface area contributed by atoms with Gasteiger partial charge in [-0.3, -0.25) is 4.79 Å². The second-order valence-corrected chi connectivity index (χ2v) is 7.57. The molecule has 0 atom stereocenters. The molecular weight excluding hydrogens is 436 g/mol. The first-order valence-corrected chi connectivity index (χ1v) is 9.55. The normalized spacial score (nSPS) is 11.2. The first-order valence-electron chi connectivity index (χ1n) is 6.23. The highest BCUT2D eigenvalue weighted by molar-refractivity contribution is 9.10. The number of halogens is 2. The molecule has 0 radical (unpaired) electrons. The summed E-state index contributed by atoms with van der Waals surface area (Å²) in [7, 11) is -3.99. The Bertz CT molecular complexity index is 799. The molecule has 7 heteroatoms. The smallest absolute Gasteiger partial charge is 0.339 e. The molecule has 0 fully saturated rings. The van der Waals surface area contributed by atoms with Crippen molar-refractivity contribution in [1.82, 2.24) is 0 Å². The first-order chi connectivity index (χ1) is 10.3. The van der Waals surface area contributed by atoms with E-state index in [1.165, 1.54) is 24.3 Å². The minimum absolute atomic E-state index is 0.00762. The summed E-state index contributed by atoms with van der Waals surface area (Å²) in [4.78, 5) is 12.0. The van der Waals surface area contributed by atoms with Crippen molar-refractivity contribution in [3.8, 4) is 5.75 Å². The van der Waals surface area contributed by atoms with Crippen LogP contribution in [-0.2, 0) is 10.1 Å². The van der Waals surface area contributed by atoms with E-state index >= 15 is 0 Å². The van der Waals surface area contributed by atoms with E-state index < -0.39 is 10.1 Å². The van der Waals surface area contributed by atoms with Gasteiger partial charge in [0, 0.05) is 4.47 Å². The fourth-order valence-corrected chi connectivity index (χ4v) is 3.35. The van der Waals surface area contributed by atoms with Gasteiger partial charge in [-0.1, -0.05) is 49.6 Å². The zero-order valence-corrected chi connectivity index (χ0v) is 15.5. The largest absolute Gasteiger partial charge is 0.378 e. The van der Waals surface area contributed by atoms with Crippen LogP contribution in [0.15, 0.2) is 51.8 Å². The van der Waals surface area contributed by atoms with Crippen LogP contribution in [0, 0.1) is 6.92 Å². The Hall–Kier alpha value is -1.18. The molecule has 0 N–H and O–H groups in total. The van der Waals surface area contributed by atoms with Crippen LogP contribution in [0.4, 0.5) is 0 Å². The van der Waals surface area contributed by atoms with Gasteiger partial charge in [0.15, 0.2) is 11.5 Å². The van der Waals surface area contributed by atoms with Crippen molar-refractivity contribution >= 4 is 47.8 Å². The molecule has 0 saturated carbocycles. The Morgan fingerprint density at radius 3 is 2.36 bits per heavy atom. The van der Waals surface area contributed by atoms with Crippen LogP contribution in [0.25, 0.3) is 0 Å². The molecule has 0 spiro atoms. The van der Waals surface area contributed by atoms with Gasteiger partial charge < -0.3 is 4.18 Å². The molecule has 0 heterocycles. The van der Waals surface area contributed by atoms with E-state index in [9.17, 15) is 13.2 Å². The van der Waals surface area contributed by atoms with E-state index in [1.54, 1.807) is 18.2 Å². The third-order valence-corrected chi connectivity index (χ3v) is 5.12. The van der Waals surface area contributed by atoms with E-state index in [2.05, 4.69) is 31.9 Å². The Labute approximate surface area is 145 Å². The summed E-state index contributed by atoms with van der Waals surface area (Å²) in [6, 6.07) is 10.9. The van der Waals surface area contributed by atoms with E-state index in [0.29, 0.717) is 4.47 Å². The monoisotopic (exact) mass is 446 g/mol. The molecule has 0 bridgehead atoms. The molecule has 116 valence electrons. The lowest BCUT2D eigenvalue weighted by Gasteiger charge is -2.11. The van der Waals surface area contributed by atoms with Crippen molar-refractivity contribution in [3.05, 3.63) is 58.1 Å². The number of rotatable bonds is 5. The summed E-state index contributed by atoms with van der Waals surface area (Å²) < 4.78 is 30.4. The van der Waals surface area contributed by atoms with Gasteiger partial charge in [0.1, 0.15) is 4.90 Å². The van der Waals surface area contributed by atoms with E-state index in [-0.39, 0.29) is 27.3 Å². The highest BCUT2D eigenvalue weighted by Gasteiger charge is 2.21. The molecule has 0 amide bonds. The molecule has 0 saturated heterocycles. The third kappa shape index (κ3) is 3.97. The highest BCUT2D eigenvalue weighted by Crippen LogP contribution is 2.27. The van der Waals surface area contributed by atoms with Crippen LogP contribution in [0.5, 0.6) is 5.75 Å². The molecule has 22 heavy (non-hydrogen) atoms. The summed E-state index contributed by atoms with van der Waals surface area (Å²) in [6.45, 7) is 1.86. The van der Waals surface area contributed by atoms with Gasteiger partial charge in [-0.2, -0.15) is 8.42 Å². The van der Waals surface area contributed by atoms with Gasteiger partial charge in [-0.05, 0) is 37.3 Å². The fourth-order valence-electron chi connectivity index (χ4n) is 1.74. The maximum atomic E-state index is 12.3. The van der Waals surface area contributed by atoms with Crippen molar-refractivity contribution < 1.29 is 17.4 Å². The van der Waals surface area contributed by atoms with Gasteiger partial charge >= 0.3 is 10.1 Å². The number of benzene rings is 2. The number of carbonyl (C=O) groups excluding carboxylic acids is 1. The molecular formula is C15H12Br2O4S. The Balaban J connectivity index is 2.41. The lowest BCUT2D eigenvalue weighted by atomic mass is 10.1. The third-order valence-electron chi connectivity index (χ3n) is 2.87. The van der Waals surface area contributed by atoms with Crippen molar-refractivity contribution in [3.63, 3.8) is 0 Å². The van der Waals surface area contributed by atoms with Crippen molar-refractivity contribution in [1.29, 1.82) is 0 Å². The molecule has 0 aliphatic heterocycles. The summed E-state index contributed by atoms with van der Waals surface area (Å²) >= 11 is 6.33. The minimum Gasteiger partial charge on any atom is -0.378 e. The Morgan fingerprint density at radius 1 is 1.14 bits per heavy atom. The standard InChI is InChI=1S/C15H12Br2O4S/c1-10-2-5-12(6-3-10)22(19,20)21-15-7-4-11(17)8-13(15)14(18)9-16/h2-8H,9H2,1H3. The summed E-state index contributed by atoms with van der Waals surface area (Å²) in [5.41, 5.74) is 1.14. The van der Waals surface area contributed by atoms with Crippen LogP contribution in [0.3, 0.4) is 0 Å². The minimum atomic E-state index is -3.99. The Kier molecular flexibility index (Phi) is 5.41. The van der Waals surface area contributed by atoms with Gasteiger partial charge in [0.2, 0.25) is 0 Å². The van der Waals surface area contributed by atoms with Gasteiger partial charge in [-0.25, -0.2) is 0 Å². The zero-order chi connectivity index (χ0) is 16.3. The number of hydrogen-bond acceptors (Lipinski definition) is 4. The molecule has 0 aliphatic rings. The molecule has 0 unspecified atom stereocenters. The van der Waals surface area contributed by atoms with E-state index in [1.807, 2.05) is 6.92 Å². The number of ketones is 1. The van der Waals surface area contributed by atoms with Gasteiger partial charge in [0.25, 0.3) is 0 Å². The molecule has 2 rings (SSSR count). The molecule has 2 aromatic carbocycles. The quantitative estimate of drug-likeness (QED) is 0.393. The van der Waals surface area contributed by atoms with Gasteiger partial charge in [0.05, 0.1) is 10.9 Å². The van der Waals surface area contributed by atoms with E-state index in [0.717, 1.165) is 5.56 Å². The molecule has 0 aromatic heterocycles. The predicted octanol–water partition coefficient (Wildman–Crippen LogP) is 4.10. The number of alkyl halides is 1. The fraction of sp³-hybridized carbons (Fsp3) is 0.133. The lowest BCUT2D eigenvalue weighted by molar-refractivity contribution is 0.102. The van der Waals surface area contributed by atoms with Crippen LogP contribution in [0.2, 0.25) is 0 Å². The molecule has 4 nitrogen and oxygen atoms in total. The number of carbonyl (C=O) groups is 1. The predicted molar refractivity (Wildman–Crippen MR) is 91.3 cm³/mol. The molecule has 2 aromatic rings. The SMILES string of the molecule is Cc1ccc(S(=O)(=O)Oc2ccc(Br)cc2C(=O)CBr)cc1. The second kappa shape index (κ2) is 6.93. The van der Waals surface area contributed by atoms with E-state index in [4.69, 9.17) is 4.18 Å². The number of aryl methyl sites for hydroxylation is 1. The van der Waals surface area contributed by atoms with Crippen molar-refractivity contribution in [2.24, 2.45) is 0 Å². The topological polar surface area (TPSA) is 60.4 Å². The summed E-state index contributed by atoms with van der Waals surface area (Å²) in [5.74, 6) is -0.261. The summed E-state index contributed by atoms with van der Waals surface area (Å²) in [5, 5.41) is 0.0738.